The molecule has 348 valence electrons. The Morgan fingerprint density at radius 1 is 0.550 bits per heavy atom. The molecule has 0 saturated carbocycles. The average molecular weight is 859 g/mol. The van der Waals surface area contributed by atoms with Gasteiger partial charge in [0, 0.05) is 12.8 Å². The first-order valence-electron chi connectivity index (χ1n) is 22.6. The van der Waals surface area contributed by atoms with Gasteiger partial charge in [-0.15, -0.1) is 0 Å². The standard InChI is InChI=1S/C45H78O15/c1-3-5-7-9-11-13-15-16-18-20-22-24-26-28-37(48)58-33(30-55-36(47)27-25-23-21-19-17-14-12-10-8-6-4-2)31-56-44-43(54)41(52)39(50)35(60-44)32-57-45-42(53)40(51)38(49)34(29-46)59-45/h5,7,11,13,16,18,33-35,38-46,49-54H,3-4,6,8-10,12,14-15,17,19-32H2,1-2H3/b7-5-,13-11-,18-16-. The number of allylic oxidation sites excluding steroid dienone is 6. The van der Waals surface area contributed by atoms with Gasteiger partial charge in [-0.25, -0.2) is 0 Å². The molecule has 0 aromatic heterocycles. The maximum absolute atomic E-state index is 12.9. The smallest absolute Gasteiger partial charge is 0.306 e. The van der Waals surface area contributed by atoms with Crippen molar-refractivity contribution in [3.63, 3.8) is 0 Å². The Balaban J connectivity index is 1.88. The highest BCUT2D eigenvalue weighted by molar-refractivity contribution is 5.70. The third-order valence-electron chi connectivity index (χ3n) is 10.6. The predicted molar refractivity (Wildman–Crippen MR) is 224 cm³/mol. The van der Waals surface area contributed by atoms with E-state index in [0.717, 1.165) is 57.8 Å². The van der Waals surface area contributed by atoms with Crippen molar-refractivity contribution in [3.8, 4) is 0 Å². The van der Waals surface area contributed by atoms with Crippen LogP contribution >= 0.6 is 0 Å². The van der Waals surface area contributed by atoms with E-state index in [9.17, 15) is 45.3 Å². The fraction of sp³-hybridized carbons (Fsp3) is 0.822. The van der Waals surface area contributed by atoms with Gasteiger partial charge in [0.15, 0.2) is 18.7 Å². The van der Waals surface area contributed by atoms with E-state index < -0.39 is 99.3 Å². The van der Waals surface area contributed by atoms with Crippen molar-refractivity contribution in [2.75, 3.05) is 26.4 Å². The molecule has 0 bridgehead atoms. The van der Waals surface area contributed by atoms with Crippen molar-refractivity contribution in [1.82, 2.24) is 0 Å². The summed E-state index contributed by atoms with van der Waals surface area (Å²) < 4.78 is 33.4. The molecule has 11 atom stereocenters. The summed E-state index contributed by atoms with van der Waals surface area (Å²) >= 11 is 0. The van der Waals surface area contributed by atoms with Gasteiger partial charge >= 0.3 is 11.9 Å². The van der Waals surface area contributed by atoms with Crippen LogP contribution in [0, 0.1) is 0 Å². The van der Waals surface area contributed by atoms with Crippen molar-refractivity contribution in [3.05, 3.63) is 36.5 Å². The third-order valence-corrected chi connectivity index (χ3v) is 10.6. The van der Waals surface area contributed by atoms with E-state index >= 15 is 0 Å². The van der Waals surface area contributed by atoms with Gasteiger partial charge in [0.05, 0.1) is 19.8 Å². The molecule has 0 amide bonds. The lowest BCUT2D eigenvalue weighted by Crippen LogP contribution is -2.61. The first-order chi connectivity index (χ1) is 29.0. The van der Waals surface area contributed by atoms with Gasteiger partial charge in [-0.3, -0.25) is 9.59 Å². The lowest BCUT2D eigenvalue weighted by atomic mass is 9.98. The number of hydrogen-bond donors (Lipinski definition) is 7. The number of unbranched alkanes of at least 4 members (excludes halogenated alkanes) is 13. The van der Waals surface area contributed by atoms with E-state index in [2.05, 4.69) is 50.3 Å². The molecule has 7 N–H and O–H groups in total. The number of esters is 2. The third kappa shape index (κ3) is 22.2. The molecule has 2 fully saturated rings. The molecule has 2 saturated heterocycles. The number of aliphatic hydroxyl groups excluding tert-OH is 7. The van der Waals surface area contributed by atoms with Gasteiger partial charge in [0.2, 0.25) is 0 Å². The van der Waals surface area contributed by atoms with Crippen LogP contribution in [-0.4, -0.2) is 142 Å². The molecule has 2 aliphatic heterocycles. The average Bonchev–Trinajstić information content (AvgIpc) is 3.24. The summed E-state index contributed by atoms with van der Waals surface area (Å²) in [7, 11) is 0. The predicted octanol–water partition coefficient (Wildman–Crippen LogP) is 4.59. The molecular weight excluding hydrogens is 780 g/mol. The maximum Gasteiger partial charge on any atom is 0.306 e. The van der Waals surface area contributed by atoms with Crippen LogP contribution in [0.15, 0.2) is 36.5 Å². The highest BCUT2D eigenvalue weighted by Crippen LogP contribution is 2.26. The second kappa shape index (κ2) is 33.3. The number of aliphatic hydroxyl groups is 7. The SMILES string of the molecule is CC/C=C\C/C=C\C/C=C\CCCCCC(=O)OC(COC(=O)CCCCCCCCCCCCC)COC1OC(COC2OC(CO)C(O)C(O)C2O)C(O)C(O)C1O. The summed E-state index contributed by atoms with van der Waals surface area (Å²) in [5.74, 6) is -0.962. The molecule has 0 aromatic carbocycles. The van der Waals surface area contributed by atoms with Gasteiger partial charge in [0.25, 0.3) is 0 Å². The quantitative estimate of drug-likeness (QED) is 0.0272. The van der Waals surface area contributed by atoms with Gasteiger partial charge in [-0.05, 0) is 44.9 Å². The Morgan fingerprint density at radius 3 is 1.65 bits per heavy atom. The minimum atomic E-state index is -1.77. The van der Waals surface area contributed by atoms with E-state index in [1.807, 2.05) is 0 Å². The second-order valence-corrected chi connectivity index (χ2v) is 15.9. The molecule has 0 radical (unpaired) electrons. The fourth-order valence-electron chi connectivity index (χ4n) is 6.88. The maximum atomic E-state index is 12.9. The van der Waals surface area contributed by atoms with Crippen molar-refractivity contribution in [2.24, 2.45) is 0 Å². The second-order valence-electron chi connectivity index (χ2n) is 15.9. The first-order valence-corrected chi connectivity index (χ1v) is 22.6. The van der Waals surface area contributed by atoms with Crippen molar-refractivity contribution < 1.29 is 73.8 Å². The molecule has 15 heteroatoms. The zero-order valence-electron chi connectivity index (χ0n) is 36.2. The Morgan fingerprint density at radius 2 is 1.05 bits per heavy atom. The molecule has 15 nitrogen and oxygen atoms in total. The lowest BCUT2D eigenvalue weighted by molar-refractivity contribution is -0.332. The normalized spacial score (nSPS) is 27.9. The van der Waals surface area contributed by atoms with Crippen LogP contribution in [0.5, 0.6) is 0 Å². The minimum Gasteiger partial charge on any atom is -0.462 e. The number of ether oxygens (including phenoxy) is 6. The fourth-order valence-corrected chi connectivity index (χ4v) is 6.88. The molecule has 2 heterocycles. The van der Waals surface area contributed by atoms with Gasteiger partial charge in [-0.2, -0.15) is 0 Å². The van der Waals surface area contributed by atoms with Crippen molar-refractivity contribution >= 4 is 11.9 Å². The van der Waals surface area contributed by atoms with Crippen LogP contribution in [0.1, 0.15) is 142 Å². The number of hydrogen-bond acceptors (Lipinski definition) is 15. The summed E-state index contributed by atoms with van der Waals surface area (Å²) in [4.78, 5) is 25.6. The molecule has 60 heavy (non-hydrogen) atoms. The molecule has 0 aliphatic carbocycles. The summed E-state index contributed by atoms with van der Waals surface area (Å²) in [6, 6.07) is 0. The van der Waals surface area contributed by atoms with E-state index in [1.54, 1.807) is 0 Å². The molecule has 11 unspecified atom stereocenters. The summed E-state index contributed by atoms with van der Waals surface area (Å²) in [5, 5.41) is 71.8. The van der Waals surface area contributed by atoms with E-state index in [4.69, 9.17) is 28.4 Å². The molecule has 2 aliphatic rings. The Labute approximate surface area is 357 Å². The minimum absolute atomic E-state index is 0.131. The zero-order valence-corrected chi connectivity index (χ0v) is 36.2. The van der Waals surface area contributed by atoms with E-state index in [0.29, 0.717) is 12.8 Å². The van der Waals surface area contributed by atoms with Crippen molar-refractivity contribution in [1.29, 1.82) is 0 Å². The number of rotatable bonds is 33. The largest absolute Gasteiger partial charge is 0.462 e. The zero-order chi connectivity index (χ0) is 44.0. The van der Waals surface area contributed by atoms with Crippen LogP contribution in [0.25, 0.3) is 0 Å². The summed E-state index contributed by atoms with van der Waals surface area (Å²) in [5.41, 5.74) is 0. The monoisotopic (exact) mass is 859 g/mol. The summed E-state index contributed by atoms with van der Waals surface area (Å²) in [6.07, 6.45) is 14.8. The lowest BCUT2D eigenvalue weighted by Gasteiger charge is -2.42. The van der Waals surface area contributed by atoms with E-state index in [1.165, 1.54) is 44.9 Å². The van der Waals surface area contributed by atoms with E-state index in [-0.39, 0.29) is 19.4 Å². The molecule has 0 spiro atoms. The molecular formula is C45H78O15. The number of carbonyl (C=O) groups is 2. The topological polar surface area (TPSA) is 231 Å². The highest BCUT2D eigenvalue weighted by Gasteiger charge is 2.47. The Bertz CT molecular complexity index is 1200. The van der Waals surface area contributed by atoms with Crippen LogP contribution < -0.4 is 0 Å². The van der Waals surface area contributed by atoms with Crippen molar-refractivity contribution in [2.45, 2.75) is 210 Å². The molecule has 2 rings (SSSR count). The first kappa shape index (κ1) is 53.9. The van der Waals surface area contributed by atoms with Crippen LogP contribution in [0.2, 0.25) is 0 Å². The summed E-state index contributed by atoms with van der Waals surface area (Å²) in [6.45, 7) is 2.40. The number of carbonyl (C=O) groups excluding carboxylic acids is 2. The van der Waals surface area contributed by atoms with Gasteiger partial charge in [-0.1, -0.05) is 121 Å². The van der Waals surface area contributed by atoms with Crippen LogP contribution in [0.4, 0.5) is 0 Å². The Kier molecular flexibility index (Phi) is 29.9. The highest BCUT2D eigenvalue weighted by atomic mass is 16.7. The van der Waals surface area contributed by atoms with Crippen LogP contribution in [-0.2, 0) is 38.0 Å². The van der Waals surface area contributed by atoms with Gasteiger partial charge < -0.3 is 64.2 Å². The molecule has 0 aromatic rings. The van der Waals surface area contributed by atoms with Gasteiger partial charge in [0.1, 0.15) is 55.4 Å². The Hall–Kier alpha value is -2.28. The van der Waals surface area contributed by atoms with Crippen LogP contribution in [0.3, 0.4) is 0 Å².